The summed E-state index contributed by atoms with van der Waals surface area (Å²) in [5.74, 6) is 0.375. The highest BCUT2D eigenvalue weighted by Gasteiger charge is 2.30. The second-order valence-electron chi connectivity index (χ2n) is 4.34. The largest absolute Gasteiger partial charge is 0.491 e. The predicted molar refractivity (Wildman–Crippen MR) is 70.6 cm³/mol. The Labute approximate surface area is 116 Å². The van der Waals surface area contributed by atoms with Crippen LogP contribution in [0.25, 0.3) is 0 Å². The molecule has 0 spiro atoms. The third kappa shape index (κ3) is 5.38. The molecule has 0 radical (unpaired) electrons. The normalized spacial score (nSPS) is 11.7. The lowest BCUT2D eigenvalue weighted by Crippen LogP contribution is -2.11. The SMILES string of the molecule is CCCCOCCOc1ccc(C(F)(F)F)cc1CN. The van der Waals surface area contributed by atoms with Crippen molar-refractivity contribution in [2.24, 2.45) is 5.73 Å². The molecule has 3 nitrogen and oxygen atoms in total. The van der Waals surface area contributed by atoms with Crippen LogP contribution in [-0.4, -0.2) is 19.8 Å². The van der Waals surface area contributed by atoms with Gasteiger partial charge >= 0.3 is 6.18 Å². The summed E-state index contributed by atoms with van der Waals surface area (Å²) in [5.41, 5.74) is 5.08. The Hall–Kier alpha value is -1.27. The van der Waals surface area contributed by atoms with E-state index < -0.39 is 11.7 Å². The van der Waals surface area contributed by atoms with Crippen molar-refractivity contribution in [3.05, 3.63) is 29.3 Å². The van der Waals surface area contributed by atoms with Crippen LogP contribution in [0.1, 0.15) is 30.9 Å². The van der Waals surface area contributed by atoms with Crippen molar-refractivity contribution in [2.45, 2.75) is 32.5 Å². The molecule has 0 aliphatic rings. The van der Waals surface area contributed by atoms with Crippen LogP contribution in [0.15, 0.2) is 18.2 Å². The molecule has 0 aliphatic carbocycles. The molecule has 0 saturated heterocycles. The number of alkyl halides is 3. The smallest absolute Gasteiger partial charge is 0.416 e. The number of halogens is 3. The number of nitrogens with two attached hydrogens (primary N) is 1. The molecule has 0 aliphatic heterocycles. The van der Waals surface area contributed by atoms with E-state index in [2.05, 4.69) is 6.92 Å². The molecule has 2 N–H and O–H groups in total. The minimum atomic E-state index is -4.37. The van der Waals surface area contributed by atoms with E-state index in [1.165, 1.54) is 6.07 Å². The average Bonchev–Trinajstić information content (AvgIpc) is 2.41. The molecule has 1 rings (SSSR count). The van der Waals surface area contributed by atoms with Crippen molar-refractivity contribution < 1.29 is 22.6 Å². The van der Waals surface area contributed by atoms with Crippen molar-refractivity contribution in [1.29, 1.82) is 0 Å². The summed E-state index contributed by atoms with van der Waals surface area (Å²) in [6, 6.07) is 3.32. The van der Waals surface area contributed by atoms with Gasteiger partial charge in [0.1, 0.15) is 12.4 Å². The van der Waals surface area contributed by atoms with Crippen LogP contribution in [0.4, 0.5) is 13.2 Å². The van der Waals surface area contributed by atoms with Crippen LogP contribution < -0.4 is 10.5 Å². The Morgan fingerprint density at radius 1 is 1.15 bits per heavy atom. The second kappa shape index (κ2) is 8.11. The summed E-state index contributed by atoms with van der Waals surface area (Å²) in [6.45, 7) is 3.43. The lowest BCUT2D eigenvalue weighted by Gasteiger charge is -2.13. The summed E-state index contributed by atoms with van der Waals surface area (Å²) < 4.78 is 48.4. The molecule has 1 aromatic carbocycles. The molecule has 0 bridgehead atoms. The van der Waals surface area contributed by atoms with E-state index in [4.69, 9.17) is 15.2 Å². The van der Waals surface area contributed by atoms with E-state index in [1.54, 1.807) is 0 Å². The summed E-state index contributed by atoms with van der Waals surface area (Å²) >= 11 is 0. The molecule has 1 aromatic rings. The van der Waals surface area contributed by atoms with Gasteiger partial charge in [-0.25, -0.2) is 0 Å². The van der Waals surface area contributed by atoms with Crippen LogP contribution >= 0.6 is 0 Å². The Balaban J connectivity index is 2.53. The molecule has 20 heavy (non-hydrogen) atoms. The quantitative estimate of drug-likeness (QED) is 0.747. The molecular formula is C14H20F3NO2. The van der Waals surface area contributed by atoms with Gasteiger partial charge in [-0.15, -0.1) is 0 Å². The maximum atomic E-state index is 12.6. The van der Waals surface area contributed by atoms with Gasteiger partial charge in [0.25, 0.3) is 0 Å². The number of rotatable bonds is 8. The molecule has 6 heteroatoms. The van der Waals surface area contributed by atoms with Gasteiger partial charge in [0.15, 0.2) is 0 Å². The fraction of sp³-hybridized carbons (Fsp3) is 0.571. The second-order valence-corrected chi connectivity index (χ2v) is 4.34. The number of hydrogen-bond acceptors (Lipinski definition) is 3. The van der Waals surface area contributed by atoms with E-state index in [1.807, 2.05) is 0 Å². The number of ether oxygens (including phenoxy) is 2. The van der Waals surface area contributed by atoms with Crippen LogP contribution in [0.5, 0.6) is 5.75 Å². The number of unbranched alkanes of at least 4 members (excludes halogenated alkanes) is 1. The van der Waals surface area contributed by atoms with Crippen molar-refractivity contribution in [3.8, 4) is 5.75 Å². The monoisotopic (exact) mass is 291 g/mol. The zero-order valence-electron chi connectivity index (χ0n) is 11.5. The third-order valence-corrected chi connectivity index (χ3v) is 2.74. The highest BCUT2D eigenvalue weighted by Crippen LogP contribution is 2.32. The maximum Gasteiger partial charge on any atom is 0.416 e. The molecule has 0 aromatic heterocycles. The van der Waals surface area contributed by atoms with Crippen LogP contribution in [0.2, 0.25) is 0 Å². The summed E-state index contributed by atoms with van der Waals surface area (Å²) in [5, 5.41) is 0. The topological polar surface area (TPSA) is 44.5 Å². The van der Waals surface area contributed by atoms with E-state index >= 15 is 0 Å². The van der Waals surface area contributed by atoms with Crippen molar-refractivity contribution in [2.75, 3.05) is 19.8 Å². The molecule has 114 valence electrons. The van der Waals surface area contributed by atoms with Crippen LogP contribution in [-0.2, 0) is 17.5 Å². The number of benzene rings is 1. The third-order valence-electron chi connectivity index (χ3n) is 2.74. The Kier molecular flexibility index (Phi) is 6.81. The molecule has 0 amide bonds. The van der Waals surface area contributed by atoms with E-state index in [-0.39, 0.29) is 6.54 Å². The zero-order chi connectivity index (χ0) is 15.0. The van der Waals surface area contributed by atoms with E-state index in [0.29, 0.717) is 31.1 Å². The van der Waals surface area contributed by atoms with E-state index in [0.717, 1.165) is 25.0 Å². The fourth-order valence-electron chi connectivity index (χ4n) is 1.62. The molecule has 0 heterocycles. The van der Waals surface area contributed by atoms with Gasteiger partial charge < -0.3 is 15.2 Å². The van der Waals surface area contributed by atoms with Gasteiger partial charge in [0, 0.05) is 18.7 Å². The standard InChI is InChI=1S/C14H20F3NO2/c1-2-3-6-19-7-8-20-13-5-4-12(14(15,16)17)9-11(13)10-18/h4-5,9H,2-3,6-8,10,18H2,1H3. The molecule has 0 unspecified atom stereocenters. The van der Waals surface area contributed by atoms with Gasteiger partial charge in [-0.2, -0.15) is 13.2 Å². The minimum absolute atomic E-state index is 0.00402. The summed E-state index contributed by atoms with van der Waals surface area (Å²) in [4.78, 5) is 0. The first kappa shape index (κ1) is 16.8. The van der Waals surface area contributed by atoms with Crippen molar-refractivity contribution in [1.82, 2.24) is 0 Å². The highest BCUT2D eigenvalue weighted by atomic mass is 19.4. The first-order valence-electron chi connectivity index (χ1n) is 6.59. The maximum absolute atomic E-state index is 12.6. The van der Waals surface area contributed by atoms with Crippen molar-refractivity contribution >= 4 is 0 Å². The average molecular weight is 291 g/mol. The molecule has 0 fully saturated rings. The van der Waals surface area contributed by atoms with Crippen molar-refractivity contribution in [3.63, 3.8) is 0 Å². The Morgan fingerprint density at radius 2 is 1.90 bits per heavy atom. The lowest BCUT2D eigenvalue weighted by molar-refractivity contribution is -0.137. The van der Waals surface area contributed by atoms with E-state index in [9.17, 15) is 13.2 Å². The summed E-state index contributed by atoms with van der Waals surface area (Å²) in [6.07, 6.45) is -2.34. The summed E-state index contributed by atoms with van der Waals surface area (Å²) in [7, 11) is 0. The van der Waals surface area contributed by atoms with Gasteiger partial charge in [0.05, 0.1) is 12.2 Å². The fourth-order valence-corrected chi connectivity index (χ4v) is 1.62. The Morgan fingerprint density at radius 3 is 2.50 bits per heavy atom. The Bertz CT molecular complexity index is 408. The first-order valence-corrected chi connectivity index (χ1v) is 6.59. The van der Waals surface area contributed by atoms with Crippen LogP contribution in [0, 0.1) is 0 Å². The van der Waals surface area contributed by atoms with Gasteiger partial charge in [-0.1, -0.05) is 13.3 Å². The first-order chi connectivity index (χ1) is 9.49. The van der Waals surface area contributed by atoms with Crippen LogP contribution in [0.3, 0.4) is 0 Å². The highest BCUT2D eigenvalue weighted by molar-refractivity contribution is 5.38. The van der Waals surface area contributed by atoms with Gasteiger partial charge in [-0.3, -0.25) is 0 Å². The minimum Gasteiger partial charge on any atom is -0.491 e. The van der Waals surface area contributed by atoms with Gasteiger partial charge in [-0.05, 0) is 24.6 Å². The molecular weight excluding hydrogens is 271 g/mol. The zero-order valence-corrected chi connectivity index (χ0v) is 11.5. The lowest BCUT2D eigenvalue weighted by atomic mass is 10.1. The molecule has 0 saturated carbocycles. The number of hydrogen-bond donors (Lipinski definition) is 1. The molecule has 0 atom stereocenters. The van der Waals surface area contributed by atoms with Gasteiger partial charge in [0.2, 0.25) is 0 Å². The predicted octanol–water partition coefficient (Wildman–Crippen LogP) is 3.36.